The highest BCUT2D eigenvalue weighted by Crippen LogP contribution is 2.22. The molecule has 2 atom stereocenters. The summed E-state index contributed by atoms with van der Waals surface area (Å²) in [4.78, 5) is 26.1. The van der Waals surface area contributed by atoms with Crippen LogP contribution >= 0.6 is 22.6 Å². The van der Waals surface area contributed by atoms with Crippen molar-refractivity contribution in [2.45, 2.75) is 12.5 Å². The number of piperidine rings is 1. The first-order chi connectivity index (χ1) is 10.0. The van der Waals surface area contributed by atoms with Crippen LogP contribution < -0.4 is 0 Å². The Morgan fingerprint density at radius 2 is 1.95 bits per heavy atom. The summed E-state index contributed by atoms with van der Waals surface area (Å²) in [5.74, 6) is -1.15. The van der Waals surface area contributed by atoms with Crippen molar-refractivity contribution in [2.24, 2.45) is 5.92 Å². The van der Waals surface area contributed by atoms with E-state index >= 15 is 0 Å². The molecule has 1 aliphatic heterocycles. The second-order valence-corrected chi connectivity index (χ2v) is 6.38. The van der Waals surface area contributed by atoms with E-state index in [4.69, 9.17) is 9.47 Å². The maximum atomic E-state index is 12.2. The maximum absolute atomic E-state index is 12.2. The first kappa shape index (κ1) is 16.2. The topological polar surface area (TPSA) is 55.8 Å². The van der Waals surface area contributed by atoms with Gasteiger partial charge >= 0.3 is 11.9 Å². The summed E-state index contributed by atoms with van der Waals surface area (Å²) in [7, 11) is 3.29. The summed E-state index contributed by atoms with van der Waals surface area (Å²) in [5.41, 5.74) is 0.498. The molecule has 0 N–H and O–H groups in total. The molecule has 0 spiro atoms. The highest BCUT2D eigenvalue weighted by Gasteiger charge is 2.36. The summed E-state index contributed by atoms with van der Waals surface area (Å²) in [6, 6.07) is 7.16. The molecule has 0 saturated carbocycles. The molecular formula is C15H18INO4. The van der Waals surface area contributed by atoms with Crippen molar-refractivity contribution >= 4 is 34.5 Å². The molecule has 21 heavy (non-hydrogen) atoms. The number of esters is 2. The molecule has 1 heterocycles. The minimum atomic E-state index is -0.430. The summed E-state index contributed by atoms with van der Waals surface area (Å²) in [6.45, 7) is 1.33. The highest BCUT2D eigenvalue weighted by atomic mass is 127. The fourth-order valence-corrected chi connectivity index (χ4v) is 2.76. The summed E-state index contributed by atoms with van der Waals surface area (Å²) in [6.07, 6.45) is 0.201. The van der Waals surface area contributed by atoms with Crippen LogP contribution in [0.1, 0.15) is 16.8 Å². The molecule has 0 aliphatic carbocycles. The smallest absolute Gasteiger partial charge is 0.338 e. The molecule has 0 radical (unpaired) electrons. The van der Waals surface area contributed by atoms with Gasteiger partial charge in [-0.05, 0) is 60.3 Å². The predicted molar refractivity (Wildman–Crippen MR) is 86.0 cm³/mol. The van der Waals surface area contributed by atoms with Crippen molar-refractivity contribution in [3.8, 4) is 0 Å². The largest absolute Gasteiger partial charge is 0.469 e. The van der Waals surface area contributed by atoms with E-state index in [-0.39, 0.29) is 5.97 Å². The Bertz CT molecular complexity index is 517. The van der Waals surface area contributed by atoms with Gasteiger partial charge in [0.2, 0.25) is 0 Å². The van der Waals surface area contributed by atoms with Gasteiger partial charge < -0.3 is 14.4 Å². The van der Waals surface area contributed by atoms with E-state index in [0.29, 0.717) is 18.5 Å². The third kappa shape index (κ3) is 4.16. The van der Waals surface area contributed by atoms with E-state index in [0.717, 1.165) is 10.1 Å². The molecular weight excluding hydrogens is 385 g/mol. The molecule has 114 valence electrons. The summed E-state index contributed by atoms with van der Waals surface area (Å²) >= 11 is 2.18. The van der Waals surface area contributed by atoms with Crippen LogP contribution in [0.5, 0.6) is 0 Å². The van der Waals surface area contributed by atoms with Crippen LogP contribution in [0, 0.1) is 9.49 Å². The lowest BCUT2D eigenvalue weighted by Gasteiger charge is -2.34. The van der Waals surface area contributed by atoms with Crippen LogP contribution in [0.25, 0.3) is 0 Å². The molecule has 0 aromatic heterocycles. The van der Waals surface area contributed by atoms with Crippen LogP contribution in [0.2, 0.25) is 0 Å². The monoisotopic (exact) mass is 403 g/mol. The Morgan fingerprint density at radius 3 is 2.57 bits per heavy atom. The lowest BCUT2D eigenvalue weighted by Crippen LogP contribution is -2.47. The number of methoxy groups -OCH3 is 1. The lowest BCUT2D eigenvalue weighted by molar-refractivity contribution is -0.152. The van der Waals surface area contributed by atoms with Crippen molar-refractivity contribution in [2.75, 3.05) is 27.2 Å². The Kier molecular flexibility index (Phi) is 5.58. The van der Waals surface area contributed by atoms with E-state index < -0.39 is 18.0 Å². The van der Waals surface area contributed by atoms with Gasteiger partial charge in [0, 0.05) is 16.7 Å². The van der Waals surface area contributed by atoms with E-state index in [2.05, 4.69) is 22.6 Å². The molecule has 0 unspecified atom stereocenters. The van der Waals surface area contributed by atoms with Gasteiger partial charge in [0.25, 0.3) is 0 Å². The molecule has 0 amide bonds. The molecule has 5 nitrogen and oxygen atoms in total. The van der Waals surface area contributed by atoms with E-state index in [1.165, 1.54) is 7.11 Å². The number of ether oxygens (including phenoxy) is 2. The zero-order valence-corrected chi connectivity index (χ0v) is 14.2. The standard InChI is InChI=1S/C15H18INO4/c1-17-8-7-13(12(9-17)15(19)20-2)21-14(18)10-3-5-11(16)6-4-10/h3-6,12-13H,7-9H2,1-2H3/t12-,13-/m0/s1. The number of rotatable bonds is 3. The third-order valence-electron chi connectivity index (χ3n) is 3.59. The molecule has 1 aliphatic rings. The Labute approximate surface area is 137 Å². The van der Waals surface area contributed by atoms with Crippen molar-refractivity contribution < 1.29 is 19.1 Å². The molecule has 1 aromatic carbocycles. The average molecular weight is 403 g/mol. The number of carbonyl (C=O) groups excluding carboxylic acids is 2. The van der Waals surface area contributed by atoms with Gasteiger partial charge in [0.15, 0.2) is 0 Å². The average Bonchev–Trinajstić information content (AvgIpc) is 2.48. The normalized spacial score (nSPS) is 22.6. The quantitative estimate of drug-likeness (QED) is 0.571. The van der Waals surface area contributed by atoms with Crippen molar-refractivity contribution in [3.05, 3.63) is 33.4 Å². The third-order valence-corrected chi connectivity index (χ3v) is 4.31. The van der Waals surface area contributed by atoms with Gasteiger partial charge in [-0.3, -0.25) is 4.79 Å². The number of halogens is 1. The van der Waals surface area contributed by atoms with Gasteiger partial charge in [-0.15, -0.1) is 0 Å². The van der Waals surface area contributed by atoms with Crippen LogP contribution in [0.4, 0.5) is 0 Å². The second-order valence-electron chi connectivity index (χ2n) is 5.13. The van der Waals surface area contributed by atoms with Gasteiger partial charge in [0.05, 0.1) is 12.7 Å². The van der Waals surface area contributed by atoms with Gasteiger partial charge in [-0.1, -0.05) is 0 Å². The molecule has 2 rings (SSSR count). The first-order valence-corrected chi connectivity index (χ1v) is 7.82. The molecule has 0 bridgehead atoms. The number of hydrogen-bond donors (Lipinski definition) is 0. The summed E-state index contributed by atoms with van der Waals surface area (Å²) in [5, 5.41) is 0. The van der Waals surface area contributed by atoms with Gasteiger partial charge in [-0.25, -0.2) is 4.79 Å². The number of benzene rings is 1. The Morgan fingerprint density at radius 1 is 1.29 bits per heavy atom. The van der Waals surface area contributed by atoms with E-state index in [9.17, 15) is 9.59 Å². The van der Waals surface area contributed by atoms with Crippen LogP contribution in [0.3, 0.4) is 0 Å². The SMILES string of the molecule is COC(=O)[C@H]1CN(C)CC[C@@H]1OC(=O)c1ccc(I)cc1. The number of likely N-dealkylation sites (tertiary alicyclic amines) is 1. The number of hydrogen-bond acceptors (Lipinski definition) is 5. The van der Waals surface area contributed by atoms with Crippen LogP contribution in [-0.4, -0.2) is 50.2 Å². The minimum absolute atomic E-state index is 0.332. The van der Waals surface area contributed by atoms with Crippen LogP contribution in [0.15, 0.2) is 24.3 Å². The molecule has 6 heteroatoms. The predicted octanol–water partition coefficient (Wildman–Crippen LogP) is 1.94. The zero-order chi connectivity index (χ0) is 15.4. The van der Waals surface area contributed by atoms with Gasteiger partial charge in [-0.2, -0.15) is 0 Å². The molecule has 1 aromatic rings. The van der Waals surface area contributed by atoms with E-state index in [1.807, 2.05) is 24.1 Å². The first-order valence-electron chi connectivity index (χ1n) is 6.74. The summed E-state index contributed by atoms with van der Waals surface area (Å²) < 4.78 is 11.4. The lowest BCUT2D eigenvalue weighted by atomic mass is 9.95. The van der Waals surface area contributed by atoms with Crippen molar-refractivity contribution in [1.82, 2.24) is 4.90 Å². The second kappa shape index (κ2) is 7.22. The van der Waals surface area contributed by atoms with E-state index in [1.54, 1.807) is 12.1 Å². The molecule has 1 fully saturated rings. The molecule has 1 saturated heterocycles. The Hall–Kier alpha value is -1.15. The van der Waals surface area contributed by atoms with Crippen molar-refractivity contribution in [3.63, 3.8) is 0 Å². The van der Waals surface area contributed by atoms with Gasteiger partial charge in [0.1, 0.15) is 12.0 Å². The van der Waals surface area contributed by atoms with Crippen molar-refractivity contribution in [1.29, 1.82) is 0 Å². The van der Waals surface area contributed by atoms with Crippen LogP contribution in [-0.2, 0) is 14.3 Å². The number of carbonyl (C=O) groups is 2. The maximum Gasteiger partial charge on any atom is 0.338 e. The zero-order valence-electron chi connectivity index (χ0n) is 12.0. The Balaban J connectivity index is 2.07. The highest BCUT2D eigenvalue weighted by molar-refractivity contribution is 14.1. The fraction of sp³-hybridized carbons (Fsp3) is 0.467. The fourth-order valence-electron chi connectivity index (χ4n) is 2.40. The minimum Gasteiger partial charge on any atom is -0.469 e. The number of nitrogens with zero attached hydrogens (tertiary/aromatic N) is 1.